The summed E-state index contributed by atoms with van der Waals surface area (Å²) in [6, 6.07) is 0. The molecule has 0 radical (unpaired) electrons. The number of nitrogens with one attached hydrogen (secondary N) is 1. The van der Waals surface area contributed by atoms with E-state index in [1.165, 1.54) is 36.9 Å². The molecule has 0 aromatic carbocycles. The highest BCUT2D eigenvalue weighted by Crippen LogP contribution is 2.42. The van der Waals surface area contributed by atoms with Crippen LogP contribution in [0, 0.1) is 18.3 Å². The molecule has 3 heteroatoms. The molecule has 0 unspecified atom stereocenters. The van der Waals surface area contributed by atoms with Gasteiger partial charge < -0.3 is 5.32 Å². The van der Waals surface area contributed by atoms with Crippen LogP contribution in [0.5, 0.6) is 0 Å². The Kier molecular flexibility index (Phi) is 4.90. The Labute approximate surface area is 130 Å². The number of nitrogens with zero attached hydrogens (tertiary/aromatic N) is 2. The van der Waals surface area contributed by atoms with Crippen molar-refractivity contribution in [2.45, 2.75) is 72.6 Å². The minimum Gasteiger partial charge on any atom is -0.373 e. The molecule has 1 fully saturated rings. The van der Waals surface area contributed by atoms with Crippen molar-refractivity contribution in [1.82, 2.24) is 9.97 Å². The van der Waals surface area contributed by atoms with Gasteiger partial charge in [-0.1, -0.05) is 27.7 Å². The fraction of sp³-hybridized carbons (Fsp3) is 0.778. The van der Waals surface area contributed by atoms with Crippen molar-refractivity contribution in [3.8, 4) is 0 Å². The van der Waals surface area contributed by atoms with E-state index in [-0.39, 0.29) is 0 Å². The Bertz CT molecular complexity index is 455. The van der Waals surface area contributed by atoms with Crippen LogP contribution in [-0.4, -0.2) is 17.0 Å². The van der Waals surface area contributed by atoms with Crippen LogP contribution in [0.25, 0.3) is 0 Å². The zero-order chi connectivity index (χ0) is 15.6. The van der Waals surface area contributed by atoms with E-state index in [1.807, 2.05) is 7.05 Å². The molecule has 0 aliphatic heterocycles. The molecule has 118 valence electrons. The predicted octanol–water partition coefficient (Wildman–Crippen LogP) is 4.71. The van der Waals surface area contributed by atoms with Gasteiger partial charge in [0.15, 0.2) is 0 Å². The summed E-state index contributed by atoms with van der Waals surface area (Å²) < 4.78 is 0. The van der Waals surface area contributed by atoms with Crippen molar-refractivity contribution in [3.05, 3.63) is 17.1 Å². The number of hydrogen-bond acceptors (Lipinski definition) is 3. The fourth-order valence-corrected chi connectivity index (χ4v) is 3.57. The molecular formula is C18H31N3. The topological polar surface area (TPSA) is 37.8 Å². The molecule has 1 heterocycles. The molecule has 1 aromatic rings. The molecule has 0 amide bonds. The Morgan fingerprint density at radius 1 is 1.10 bits per heavy atom. The highest BCUT2D eigenvalue weighted by Gasteiger charge is 2.31. The van der Waals surface area contributed by atoms with Gasteiger partial charge in [-0.05, 0) is 50.4 Å². The molecule has 0 atom stereocenters. The highest BCUT2D eigenvalue weighted by atomic mass is 15.0. The molecule has 0 spiro atoms. The number of aryl methyl sites for hydroxylation is 1. The normalized spacial score (nSPS) is 23.1. The maximum Gasteiger partial charge on any atom is 0.134 e. The second kappa shape index (κ2) is 6.33. The lowest BCUT2D eigenvalue weighted by Crippen LogP contribution is -2.26. The lowest BCUT2D eigenvalue weighted by atomic mass is 9.69. The summed E-state index contributed by atoms with van der Waals surface area (Å²) in [5.74, 6) is 3.46. The van der Waals surface area contributed by atoms with Gasteiger partial charge in [0.1, 0.15) is 11.6 Å². The average Bonchev–Trinajstić information content (AvgIpc) is 2.47. The van der Waals surface area contributed by atoms with Crippen molar-refractivity contribution >= 4 is 5.82 Å². The van der Waals surface area contributed by atoms with Gasteiger partial charge in [-0.15, -0.1) is 0 Å². The summed E-state index contributed by atoms with van der Waals surface area (Å²) in [6.07, 6.45) is 6.06. The minimum absolute atomic E-state index is 0.434. The standard InChI is InChI=1S/C18H31N3/c1-7-15-12(2)16(19-6)21-17(20-15)13-8-10-14(11-9-13)18(3,4)5/h13-14H,7-11H2,1-6H3,(H,19,20,21). The molecule has 3 nitrogen and oxygen atoms in total. The first-order valence-electron chi connectivity index (χ1n) is 8.42. The van der Waals surface area contributed by atoms with Crippen molar-refractivity contribution in [2.24, 2.45) is 11.3 Å². The number of hydrogen-bond donors (Lipinski definition) is 1. The Balaban J connectivity index is 2.17. The largest absolute Gasteiger partial charge is 0.373 e. The molecule has 0 saturated heterocycles. The first kappa shape index (κ1) is 16.3. The third-order valence-corrected chi connectivity index (χ3v) is 5.15. The summed E-state index contributed by atoms with van der Waals surface area (Å²) >= 11 is 0. The molecular weight excluding hydrogens is 258 g/mol. The van der Waals surface area contributed by atoms with Gasteiger partial charge in [0, 0.05) is 24.2 Å². The van der Waals surface area contributed by atoms with Crippen LogP contribution >= 0.6 is 0 Å². The molecule has 2 rings (SSSR count). The fourth-order valence-electron chi connectivity index (χ4n) is 3.57. The molecule has 21 heavy (non-hydrogen) atoms. The maximum atomic E-state index is 4.86. The lowest BCUT2D eigenvalue weighted by Gasteiger charge is -2.36. The summed E-state index contributed by atoms with van der Waals surface area (Å²) in [7, 11) is 1.95. The zero-order valence-corrected chi connectivity index (χ0v) is 14.6. The van der Waals surface area contributed by atoms with Gasteiger partial charge in [0.2, 0.25) is 0 Å². The van der Waals surface area contributed by atoms with Gasteiger partial charge in [0.25, 0.3) is 0 Å². The molecule has 1 aliphatic rings. The Morgan fingerprint density at radius 3 is 2.19 bits per heavy atom. The van der Waals surface area contributed by atoms with E-state index in [9.17, 15) is 0 Å². The summed E-state index contributed by atoms with van der Waals surface area (Å²) in [5, 5.41) is 3.23. The van der Waals surface area contributed by atoms with Crippen LogP contribution in [0.1, 0.15) is 76.4 Å². The quantitative estimate of drug-likeness (QED) is 0.875. The molecule has 1 saturated carbocycles. The van der Waals surface area contributed by atoms with Crippen LogP contribution in [0.4, 0.5) is 5.82 Å². The monoisotopic (exact) mass is 289 g/mol. The smallest absolute Gasteiger partial charge is 0.134 e. The molecule has 1 aromatic heterocycles. The van der Waals surface area contributed by atoms with Gasteiger partial charge in [-0.2, -0.15) is 0 Å². The predicted molar refractivity (Wildman–Crippen MR) is 89.8 cm³/mol. The average molecular weight is 289 g/mol. The lowest BCUT2D eigenvalue weighted by molar-refractivity contribution is 0.167. The molecule has 1 aliphatic carbocycles. The van der Waals surface area contributed by atoms with E-state index in [0.29, 0.717) is 11.3 Å². The third kappa shape index (κ3) is 3.56. The molecule has 0 bridgehead atoms. The Hall–Kier alpha value is -1.12. The SMILES string of the molecule is CCc1nc(C2CCC(C(C)(C)C)CC2)nc(NC)c1C. The van der Waals surface area contributed by atoms with Crippen molar-refractivity contribution in [2.75, 3.05) is 12.4 Å². The van der Waals surface area contributed by atoms with Crippen LogP contribution in [0.2, 0.25) is 0 Å². The van der Waals surface area contributed by atoms with E-state index in [0.717, 1.165) is 24.0 Å². The van der Waals surface area contributed by atoms with Crippen LogP contribution in [0.3, 0.4) is 0 Å². The zero-order valence-electron chi connectivity index (χ0n) is 14.6. The van der Waals surface area contributed by atoms with E-state index in [1.54, 1.807) is 0 Å². The van der Waals surface area contributed by atoms with Gasteiger partial charge in [-0.25, -0.2) is 9.97 Å². The summed E-state index contributed by atoms with van der Waals surface area (Å²) in [4.78, 5) is 9.65. The van der Waals surface area contributed by atoms with Crippen LogP contribution in [-0.2, 0) is 6.42 Å². The molecule has 1 N–H and O–H groups in total. The first-order chi connectivity index (χ1) is 9.86. The van der Waals surface area contributed by atoms with E-state index in [2.05, 4.69) is 39.9 Å². The number of anilines is 1. The second-order valence-electron chi connectivity index (χ2n) is 7.52. The minimum atomic E-state index is 0.434. The summed E-state index contributed by atoms with van der Waals surface area (Å²) in [6.45, 7) is 11.4. The summed E-state index contributed by atoms with van der Waals surface area (Å²) in [5.41, 5.74) is 2.83. The first-order valence-corrected chi connectivity index (χ1v) is 8.42. The van der Waals surface area contributed by atoms with E-state index >= 15 is 0 Å². The van der Waals surface area contributed by atoms with Crippen molar-refractivity contribution in [3.63, 3.8) is 0 Å². The van der Waals surface area contributed by atoms with Gasteiger partial charge >= 0.3 is 0 Å². The van der Waals surface area contributed by atoms with Gasteiger partial charge in [-0.3, -0.25) is 0 Å². The van der Waals surface area contributed by atoms with Crippen molar-refractivity contribution < 1.29 is 0 Å². The second-order valence-corrected chi connectivity index (χ2v) is 7.52. The number of rotatable bonds is 3. The number of aromatic nitrogens is 2. The Morgan fingerprint density at radius 2 is 1.71 bits per heavy atom. The van der Waals surface area contributed by atoms with Gasteiger partial charge in [0.05, 0.1) is 0 Å². The van der Waals surface area contributed by atoms with Crippen molar-refractivity contribution in [1.29, 1.82) is 0 Å². The third-order valence-electron chi connectivity index (χ3n) is 5.15. The van der Waals surface area contributed by atoms with E-state index in [4.69, 9.17) is 9.97 Å². The maximum absolute atomic E-state index is 4.86. The van der Waals surface area contributed by atoms with Crippen LogP contribution < -0.4 is 5.32 Å². The highest BCUT2D eigenvalue weighted by molar-refractivity contribution is 5.45. The van der Waals surface area contributed by atoms with E-state index < -0.39 is 0 Å². The van der Waals surface area contributed by atoms with Crippen LogP contribution in [0.15, 0.2) is 0 Å².